The molecule has 7 nitrogen and oxygen atoms in total. The van der Waals surface area contributed by atoms with E-state index in [0.29, 0.717) is 11.8 Å². The molecule has 0 amide bonds. The van der Waals surface area contributed by atoms with Gasteiger partial charge in [-0.3, -0.25) is 4.90 Å². The van der Waals surface area contributed by atoms with Gasteiger partial charge in [-0.2, -0.15) is 14.6 Å². The summed E-state index contributed by atoms with van der Waals surface area (Å²) in [5.74, 6) is 1.54. The third-order valence-corrected chi connectivity index (χ3v) is 5.19. The molecule has 8 heteroatoms. The van der Waals surface area contributed by atoms with Gasteiger partial charge in [0.25, 0.3) is 5.78 Å². The van der Waals surface area contributed by atoms with E-state index in [-0.39, 0.29) is 0 Å². The first-order valence-electron chi connectivity index (χ1n) is 8.08. The molecule has 0 unspecified atom stereocenters. The molecular formula is C16H20N6OS. The number of morpholine rings is 1. The second-order valence-corrected chi connectivity index (χ2v) is 6.79. The molecule has 126 valence electrons. The Bertz CT molecular complexity index is 796. The summed E-state index contributed by atoms with van der Waals surface area (Å²) in [6, 6.07) is 6.64. The molecule has 0 bridgehead atoms. The molecule has 24 heavy (non-hydrogen) atoms. The maximum Gasteiger partial charge on any atom is 0.254 e. The first kappa shape index (κ1) is 15.5. The van der Waals surface area contributed by atoms with Crippen molar-refractivity contribution in [2.75, 3.05) is 38.2 Å². The maximum atomic E-state index is 5.50. The second kappa shape index (κ2) is 6.84. The van der Waals surface area contributed by atoms with Gasteiger partial charge in [0, 0.05) is 36.3 Å². The van der Waals surface area contributed by atoms with Crippen molar-refractivity contribution in [3.8, 4) is 0 Å². The van der Waals surface area contributed by atoms with E-state index in [0.717, 1.165) is 44.4 Å². The van der Waals surface area contributed by atoms with Crippen LogP contribution in [-0.2, 0) is 4.74 Å². The van der Waals surface area contributed by atoms with E-state index < -0.39 is 0 Å². The van der Waals surface area contributed by atoms with Gasteiger partial charge >= 0.3 is 0 Å². The molecule has 4 rings (SSSR count). The normalized spacial score (nSPS) is 17.2. The van der Waals surface area contributed by atoms with Crippen molar-refractivity contribution in [3.63, 3.8) is 0 Å². The highest BCUT2D eigenvalue weighted by atomic mass is 32.1. The molecule has 0 aliphatic carbocycles. The summed E-state index contributed by atoms with van der Waals surface area (Å²) in [6.07, 6.45) is 1.53. The largest absolute Gasteiger partial charge is 0.379 e. The van der Waals surface area contributed by atoms with Crippen molar-refractivity contribution in [2.45, 2.75) is 13.0 Å². The first-order valence-corrected chi connectivity index (χ1v) is 8.96. The molecule has 3 aromatic heterocycles. The van der Waals surface area contributed by atoms with Crippen molar-refractivity contribution in [3.05, 3.63) is 40.5 Å². The SMILES string of the molecule is Cc1cc(NC[C@@H](c2cccs2)N2CCOCC2)n2ncnc2n1. The Morgan fingerprint density at radius 3 is 3.04 bits per heavy atom. The van der Waals surface area contributed by atoms with Gasteiger partial charge in [0.15, 0.2) is 0 Å². The topological polar surface area (TPSA) is 67.6 Å². The molecule has 1 aliphatic heterocycles. The van der Waals surface area contributed by atoms with Crippen molar-refractivity contribution >= 4 is 22.9 Å². The Kier molecular flexibility index (Phi) is 4.42. The lowest BCUT2D eigenvalue weighted by Crippen LogP contribution is -2.41. The van der Waals surface area contributed by atoms with Crippen molar-refractivity contribution in [1.29, 1.82) is 0 Å². The number of aryl methyl sites for hydroxylation is 1. The van der Waals surface area contributed by atoms with Gasteiger partial charge in [0.1, 0.15) is 12.1 Å². The molecule has 0 radical (unpaired) electrons. The zero-order valence-electron chi connectivity index (χ0n) is 13.6. The monoisotopic (exact) mass is 344 g/mol. The van der Waals surface area contributed by atoms with Crippen LogP contribution in [0.5, 0.6) is 0 Å². The Balaban J connectivity index is 1.57. The predicted molar refractivity (Wildman–Crippen MR) is 93.5 cm³/mol. The van der Waals surface area contributed by atoms with Gasteiger partial charge in [0.05, 0.1) is 19.3 Å². The van der Waals surface area contributed by atoms with E-state index >= 15 is 0 Å². The van der Waals surface area contributed by atoms with E-state index in [4.69, 9.17) is 4.74 Å². The van der Waals surface area contributed by atoms with Crippen LogP contribution in [0.3, 0.4) is 0 Å². The number of aromatic nitrogens is 4. The highest BCUT2D eigenvalue weighted by Crippen LogP contribution is 2.26. The van der Waals surface area contributed by atoms with Gasteiger partial charge in [-0.25, -0.2) is 4.98 Å². The van der Waals surface area contributed by atoms with Crippen molar-refractivity contribution in [1.82, 2.24) is 24.5 Å². The number of ether oxygens (including phenoxy) is 1. The van der Waals surface area contributed by atoms with Crippen molar-refractivity contribution < 1.29 is 4.74 Å². The lowest BCUT2D eigenvalue weighted by molar-refractivity contribution is 0.0194. The molecule has 0 spiro atoms. The first-order chi connectivity index (χ1) is 11.8. The fourth-order valence-corrected chi connectivity index (χ4v) is 3.90. The zero-order valence-corrected chi connectivity index (χ0v) is 14.4. The number of thiophene rings is 1. The van der Waals surface area contributed by atoms with Crippen LogP contribution in [0.15, 0.2) is 29.9 Å². The molecular weight excluding hydrogens is 324 g/mol. The van der Waals surface area contributed by atoms with Crippen LogP contribution in [0, 0.1) is 6.92 Å². The molecule has 3 aromatic rings. The van der Waals surface area contributed by atoms with Crippen LogP contribution in [0.2, 0.25) is 0 Å². The number of anilines is 1. The number of nitrogens with zero attached hydrogens (tertiary/aromatic N) is 5. The smallest absolute Gasteiger partial charge is 0.254 e. The second-order valence-electron chi connectivity index (χ2n) is 5.82. The molecule has 0 aromatic carbocycles. The summed E-state index contributed by atoms with van der Waals surface area (Å²) in [5, 5.41) is 9.94. The Hall–Kier alpha value is -2.03. The number of rotatable bonds is 5. The standard InChI is InChI=1S/C16H20N6OS/c1-12-9-15(22-16(20-12)18-11-19-22)17-10-13(14-3-2-8-24-14)21-4-6-23-7-5-21/h2-3,8-9,11,13,17H,4-7,10H2,1H3/t13-/m0/s1. The number of nitrogens with one attached hydrogen (secondary N) is 1. The van der Waals surface area contributed by atoms with Gasteiger partial charge in [-0.05, 0) is 18.4 Å². The molecule has 1 aliphatic rings. The van der Waals surface area contributed by atoms with Crippen LogP contribution >= 0.6 is 11.3 Å². The van der Waals surface area contributed by atoms with Gasteiger partial charge in [0.2, 0.25) is 0 Å². The van der Waals surface area contributed by atoms with Crippen LogP contribution in [0.1, 0.15) is 16.6 Å². The maximum absolute atomic E-state index is 5.50. The van der Waals surface area contributed by atoms with Crippen LogP contribution < -0.4 is 5.32 Å². The fourth-order valence-electron chi connectivity index (χ4n) is 3.04. The summed E-state index contributed by atoms with van der Waals surface area (Å²) < 4.78 is 7.25. The van der Waals surface area contributed by atoms with Crippen LogP contribution in [-0.4, -0.2) is 57.3 Å². The Labute approximate surface area is 144 Å². The Morgan fingerprint density at radius 1 is 1.38 bits per heavy atom. The van der Waals surface area contributed by atoms with Gasteiger partial charge in [-0.1, -0.05) is 6.07 Å². The summed E-state index contributed by atoms with van der Waals surface area (Å²) in [5.41, 5.74) is 0.928. The summed E-state index contributed by atoms with van der Waals surface area (Å²) >= 11 is 1.80. The molecule has 0 saturated carbocycles. The molecule has 1 N–H and O–H groups in total. The predicted octanol–water partition coefficient (Wildman–Crippen LogP) is 1.98. The summed E-state index contributed by atoms with van der Waals surface area (Å²) in [6.45, 7) is 6.28. The third-order valence-electron chi connectivity index (χ3n) is 4.21. The highest BCUT2D eigenvalue weighted by Gasteiger charge is 2.23. The van der Waals surface area contributed by atoms with E-state index in [1.807, 2.05) is 13.0 Å². The molecule has 1 saturated heterocycles. The van der Waals surface area contributed by atoms with Crippen LogP contribution in [0.25, 0.3) is 5.78 Å². The zero-order chi connectivity index (χ0) is 16.4. The minimum absolute atomic E-state index is 0.320. The molecule has 1 fully saturated rings. The molecule has 4 heterocycles. The van der Waals surface area contributed by atoms with Gasteiger partial charge in [-0.15, -0.1) is 11.3 Å². The third kappa shape index (κ3) is 3.12. The van der Waals surface area contributed by atoms with E-state index in [2.05, 4.69) is 42.8 Å². The van der Waals surface area contributed by atoms with E-state index in [9.17, 15) is 0 Å². The number of fused-ring (bicyclic) bond motifs is 1. The van der Waals surface area contributed by atoms with E-state index in [1.54, 1.807) is 15.9 Å². The highest BCUT2D eigenvalue weighted by molar-refractivity contribution is 7.10. The minimum atomic E-state index is 0.320. The number of hydrogen-bond donors (Lipinski definition) is 1. The summed E-state index contributed by atoms with van der Waals surface area (Å²) in [4.78, 5) is 12.4. The fraction of sp³-hybridized carbons (Fsp3) is 0.438. The lowest BCUT2D eigenvalue weighted by Gasteiger charge is -2.34. The average molecular weight is 344 g/mol. The van der Waals surface area contributed by atoms with Gasteiger partial charge < -0.3 is 10.1 Å². The number of hydrogen-bond acceptors (Lipinski definition) is 7. The lowest BCUT2D eigenvalue weighted by atomic mass is 10.2. The minimum Gasteiger partial charge on any atom is -0.379 e. The van der Waals surface area contributed by atoms with Crippen molar-refractivity contribution in [2.24, 2.45) is 0 Å². The van der Waals surface area contributed by atoms with E-state index in [1.165, 1.54) is 11.2 Å². The Morgan fingerprint density at radius 2 is 2.25 bits per heavy atom. The summed E-state index contributed by atoms with van der Waals surface area (Å²) in [7, 11) is 0. The average Bonchev–Trinajstić information content (AvgIpc) is 3.27. The van der Waals surface area contributed by atoms with Crippen LogP contribution in [0.4, 0.5) is 5.82 Å². The molecule has 1 atom stereocenters. The quantitative estimate of drug-likeness (QED) is 0.763.